The van der Waals surface area contributed by atoms with Crippen LogP contribution in [0.15, 0.2) is 90.2 Å². The van der Waals surface area contributed by atoms with Crippen LogP contribution < -0.4 is 15.1 Å². The van der Waals surface area contributed by atoms with Crippen molar-refractivity contribution >= 4 is 103 Å². The minimum Gasteiger partial charge on any atom is -0.445 e. The molecule has 8 heterocycles. The number of aromatic nitrogens is 9. The van der Waals surface area contributed by atoms with Gasteiger partial charge in [-0.2, -0.15) is 46.5 Å². The van der Waals surface area contributed by atoms with E-state index in [2.05, 4.69) is 86.0 Å². The van der Waals surface area contributed by atoms with Crippen LogP contribution in [-0.2, 0) is 47.5 Å². The summed E-state index contributed by atoms with van der Waals surface area (Å²) in [5.41, 5.74) is 8.00. The van der Waals surface area contributed by atoms with Crippen molar-refractivity contribution < 1.29 is 47.6 Å². The fraction of sp³-hybridized carbons (Fsp3) is 0.467. The van der Waals surface area contributed by atoms with E-state index in [1.54, 1.807) is 37.5 Å². The van der Waals surface area contributed by atoms with Gasteiger partial charge in [0.1, 0.15) is 6.26 Å². The molecule has 0 spiro atoms. The molecule has 1 aliphatic carbocycles. The van der Waals surface area contributed by atoms with Crippen molar-refractivity contribution in [3.63, 3.8) is 0 Å². The van der Waals surface area contributed by atoms with Gasteiger partial charge in [0.2, 0.25) is 41.9 Å². The minimum absolute atomic E-state index is 0.0634. The molecule has 13 rings (SSSR count). The third-order valence-electron chi connectivity index (χ3n) is 17.3. The van der Waals surface area contributed by atoms with Crippen LogP contribution in [0.2, 0.25) is 5.02 Å². The first kappa shape index (κ1) is 65.8. The Bertz CT molecular complexity index is 4340. The highest BCUT2D eigenvalue weighted by Crippen LogP contribution is 2.44. The molecule has 4 aliphatic rings. The fourth-order valence-corrected chi connectivity index (χ4v) is 16.2. The van der Waals surface area contributed by atoms with Crippen molar-refractivity contribution in [3.05, 3.63) is 113 Å². The second kappa shape index (κ2) is 26.6. The van der Waals surface area contributed by atoms with E-state index < -0.39 is 47.3 Å². The summed E-state index contributed by atoms with van der Waals surface area (Å²) in [5, 5.41) is 35.5. The lowest BCUT2D eigenvalue weighted by Gasteiger charge is -2.44. The van der Waals surface area contributed by atoms with Crippen molar-refractivity contribution in [2.45, 2.75) is 102 Å². The zero-order valence-corrected chi connectivity index (χ0v) is 54.3. The number of aryl methyl sites for hydroxylation is 1. The zero-order chi connectivity index (χ0) is 64.5. The molecule has 3 saturated heterocycles. The molecule has 1 amide bonds. The number of hydrogen-bond acceptors (Lipinski definition) is 15. The Morgan fingerprint density at radius 1 is 0.633 bits per heavy atom. The van der Waals surface area contributed by atoms with Crippen LogP contribution in [0.4, 0.5) is 24.5 Å². The Morgan fingerprint density at radius 2 is 1.13 bits per heavy atom. The van der Waals surface area contributed by atoms with Gasteiger partial charge in [-0.1, -0.05) is 18.5 Å². The number of halogens is 4. The summed E-state index contributed by atoms with van der Waals surface area (Å²) in [6, 6.07) is 14.8. The van der Waals surface area contributed by atoms with E-state index in [-0.39, 0.29) is 18.4 Å². The average molecular weight is 1320 g/mol. The summed E-state index contributed by atoms with van der Waals surface area (Å²) < 4.78 is 120. The van der Waals surface area contributed by atoms with Gasteiger partial charge >= 0.3 is 6.18 Å². The number of carbonyl (C=O) groups excluding carboxylic acids is 1. The van der Waals surface area contributed by atoms with Crippen molar-refractivity contribution in [1.82, 2.24) is 64.0 Å². The Kier molecular flexibility index (Phi) is 19.4. The van der Waals surface area contributed by atoms with Gasteiger partial charge in [-0.3, -0.25) is 25.2 Å². The van der Waals surface area contributed by atoms with Crippen molar-refractivity contribution in [2.24, 2.45) is 0 Å². The van der Waals surface area contributed by atoms with E-state index >= 15 is 0 Å². The molecule has 1 saturated carbocycles. The summed E-state index contributed by atoms with van der Waals surface area (Å²) in [4.78, 5) is 19.7. The molecule has 3 aliphatic heterocycles. The Labute approximate surface area is 525 Å². The number of benzene rings is 4. The molecule has 5 N–H and O–H groups in total. The molecule has 1 atom stereocenters. The smallest absolute Gasteiger partial charge is 0.416 e. The molecule has 23 nitrogen and oxygen atoms in total. The summed E-state index contributed by atoms with van der Waals surface area (Å²) in [6.07, 6.45) is 15.5. The van der Waals surface area contributed by atoms with Crippen LogP contribution in [0.1, 0.15) is 100 Å². The monoisotopic (exact) mass is 1320 g/mol. The van der Waals surface area contributed by atoms with Crippen molar-refractivity contribution in [3.8, 4) is 11.5 Å². The number of nitrogens with one attached hydrogen (secondary N) is 5. The van der Waals surface area contributed by atoms with Crippen LogP contribution in [-0.4, -0.2) is 179 Å². The van der Waals surface area contributed by atoms with Crippen LogP contribution in [0.3, 0.4) is 0 Å². The summed E-state index contributed by atoms with van der Waals surface area (Å²) in [6.45, 7) is 12.3. The number of alkyl halides is 3. The predicted molar refractivity (Wildman–Crippen MR) is 343 cm³/mol. The lowest BCUT2D eigenvalue weighted by atomic mass is 9.79. The average Bonchev–Trinajstić information content (AvgIpc) is 1.77. The van der Waals surface area contributed by atoms with E-state index in [4.69, 9.17) is 16.0 Å². The van der Waals surface area contributed by atoms with Gasteiger partial charge in [0.05, 0.1) is 77.4 Å². The molecular formula is C60H75ClF3N15O8S3. The highest BCUT2D eigenvalue weighted by Gasteiger charge is 2.42. The third kappa shape index (κ3) is 15.3. The number of piperidine rings is 1. The number of H-pyrrole nitrogens is 4. The Balaban J connectivity index is 0.000000132. The van der Waals surface area contributed by atoms with Gasteiger partial charge in [0, 0.05) is 121 Å². The summed E-state index contributed by atoms with van der Waals surface area (Å²) in [5.74, 6) is 0.935. The number of nitrogens with zero attached hydrogens (tertiary/aromatic N) is 10. The number of oxazole rings is 1. The van der Waals surface area contributed by atoms with E-state index in [1.165, 1.54) is 50.8 Å². The zero-order valence-electron chi connectivity index (χ0n) is 51.1. The predicted octanol–water partition coefficient (Wildman–Crippen LogP) is 9.38. The first-order valence-electron chi connectivity index (χ1n) is 29.7. The van der Waals surface area contributed by atoms with E-state index in [9.17, 15) is 43.2 Å². The molecule has 1 unspecified atom stereocenters. The standard InChI is InChI=1S/C16H20F3N3O2S.C15H18ClN3O.C15H17N5O3S.C14H20N4O2S/c1-15(2)8-10(4-5-22(15)25(3,23)24)12-6-11(16(17,18)19)7-14-13(12)9-20-21-14;1-9(20)18-12-4-2-10(3-5-12)13-6-11(16)7-15-14(13)8-17-19-15;1-24(21,22)20-5-3-19(4-6-20)14-9-11(15-16-2-7-23-15)8-13-12(14)10-17-18-13;1-3-11-8-13-12(10-15-16-13)14(9-11)17-4-6-18(7-5-17)21(2,19)20/h6-7,9-10H,4-5,8H2,1-3H3,(H,20,21);6-8,10,12H,2-5H2,1H3,(H,17,19)(H,18,20);2,7-10H,3-6H2,1H3,(H,17,18);8-10H,3-7H2,1-2H3,(H,15,16). The first-order valence-corrected chi connectivity index (χ1v) is 35.6. The van der Waals surface area contributed by atoms with Gasteiger partial charge in [-0.25, -0.2) is 30.2 Å². The number of sulfonamides is 3. The van der Waals surface area contributed by atoms with Crippen LogP contribution >= 0.6 is 11.6 Å². The topological polar surface area (TPSA) is 288 Å². The highest BCUT2D eigenvalue weighted by molar-refractivity contribution is 7.88. The lowest BCUT2D eigenvalue weighted by Crippen LogP contribution is -2.51. The van der Waals surface area contributed by atoms with Crippen LogP contribution in [0.25, 0.3) is 55.1 Å². The van der Waals surface area contributed by atoms with E-state index in [0.717, 1.165) is 99.1 Å². The van der Waals surface area contributed by atoms with Gasteiger partial charge in [0.15, 0.2) is 0 Å². The molecule has 0 bridgehead atoms. The lowest BCUT2D eigenvalue weighted by molar-refractivity contribution is -0.137. The van der Waals surface area contributed by atoms with Gasteiger partial charge in [0.25, 0.3) is 0 Å². The molecule has 4 aromatic carbocycles. The van der Waals surface area contributed by atoms with E-state index in [1.807, 2.05) is 30.6 Å². The van der Waals surface area contributed by atoms with Gasteiger partial charge in [-0.05, 0) is 136 Å². The highest BCUT2D eigenvalue weighted by atomic mass is 35.5. The van der Waals surface area contributed by atoms with Crippen LogP contribution in [0, 0.1) is 0 Å². The molecule has 4 fully saturated rings. The Morgan fingerprint density at radius 3 is 1.61 bits per heavy atom. The van der Waals surface area contributed by atoms with Gasteiger partial charge in [-0.15, -0.1) is 0 Å². The van der Waals surface area contributed by atoms with Gasteiger partial charge < -0.3 is 19.5 Å². The molecular weight excluding hydrogens is 1250 g/mol. The SMILES string of the molecule is CC(=O)NC1CCC(c2cc(Cl)cc3[nH]ncc23)CC1.CC1(C)CC(c2cc(C(F)(F)F)cc3[nH]ncc23)CCN1S(C)(=O)=O.CCc1cc(N2CCN(S(C)(=O)=O)CC2)c2cn[nH]c2c1.CS(=O)(=O)N1CCN(c2cc(-c3ncco3)cc3[nH]ncc23)CC1. The second-order valence-electron chi connectivity index (χ2n) is 24.1. The largest absolute Gasteiger partial charge is 0.445 e. The number of carbonyl (C=O) groups is 1. The molecule has 9 aromatic rings. The van der Waals surface area contributed by atoms with Crippen molar-refractivity contribution in [1.29, 1.82) is 0 Å². The molecule has 484 valence electrons. The Hall–Kier alpha value is -7.15. The number of anilines is 2. The third-order valence-corrected chi connectivity index (χ3v) is 21.6. The van der Waals surface area contributed by atoms with E-state index in [0.29, 0.717) is 99.5 Å². The van der Waals surface area contributed by atoms with Crippen LogP contribution in [0.5, 0.6) is 0 Å². The molecule has 5 aromatic heterocycles. The molecule has 90 heavy (non-hydrogen) atoms. The number of amides is 1. The molecule has 30 heteroatoms. The maximum Gasteiger partial charge on any atom is 0.416 e. The second-order valence-corrected chi connectivity index (χ2v) is 30.4. The maximum absolute atomic E-state index is 13.2. The summed E-state index contributed by atoms with van der Waals surface area (Å²) in [7, 11) is -9.60. The van der Waals surface area contributed by atoms with Crippen molar-refractivity contribution in [2.75, 3.05) is 87.5 Å². The molecule has 0 radical (unpaired) electrons. The number of fused-ring (bicyclic) bond motifs is 4. The number of hydrogen-bond donors (Lipinski definition) is 5. The summed E-state index contributed by atoms with van der Waals surface area (Å²) >= 11 is 6.19. The number of aromatic amines is 4. The maximum atomic E-state index is 13.2. The first-order chi connectivity index (χ1) is 42.5. The fourth-order valence-electron chi connectivity index (χ4n) is 12.9. The quantitative estimate of drug-likeness (QED) is 0.0852. The number of piperazine rings is 2. The number of rotatable bonds is 10. The minimum atomic E-state index is -4.45. The normalized spacial score (nSPS) is 19.9.